The summed E-state index contributed by atoms with van der Waals surface area (Å²) >= 11 is 12.1. The van der Waals surface area contributed by atoms with Crippen LogP contribution in [0, 0.1) is 6.92 Å². The third-order valence-corrected chi connectivity index (χ3v) is 7.85. The van der Waals surface area contributed by atoms with Gasteiger partial charge in [0.05, 0.1) is 10.0 Å². The van der Waals surface area contributed by atoms with Gasteiger partial charge in [0.15, 0.2) is 0 Å². The second-order valence-corrected chi connectivity index (χ2v) is 9.46. The number of sulfonamides is 1. The summed E-state index contributed by atoms with van der Waals surface area (Å²) in [7, 11) is -3.80. The first-order valence-corrected chi connectivity index (χ1v) is 11.2. The van der Waals surface area contributed by atoms with Crippen molar-refractivity contribution in [3.8, 4) is 0 Å². The molecule has 1 amide bonds. The van der Waals surface area contributed by atoms with E-state index in [1.165, 1.54) is 16.4 Å². The molecule has 1 aliphatic heterocycles. The number of hydrogen-bond donors (Lipinski definition) is 0. The van der Waals surface area contributed by atoms with Crippen molar-refractivity contribution < 1.29 is 13.2 Å². The number of piperazine rings is 1. The van der Waals surface area contributed by atoms with E-state index in [0.29, 0.717) is 11.3 Å². The van der Waals surface area contributed by atoms with E-state index in [4.69, 9.17) is 23.2 Å². The maximum absolute atomic E-state index is 12.9. The number of fused-ring (bicyclic) bond motifs is 1. The van der Waals surface area contributed by atoms with Crippen LogP contribution < -0.4 is 0 Å². The Kier molecular flexibility index (Phi) is 5.29. The smallest absolute Gasteiger partial charge is 0.274 e. The van der Waals surface area contributed by atoms with Crippen molar-refractivity contribution in [1.82, 2.24) is 18.6 Å². The van der Waals surface area contributed by atoms with Crippen molar-refractivity contribution in [2.45, 2.75) is 11.8 Å². The highest BCUT2D eigenvalue weighted by Gasteiger charge is 2.32. The van der Waals surface area contributed by atoms with Gasteiger partial charge in [-0.05, 0) is 31.2 Å². The summed E-state index contributed by atoms with van der Waals surface area (Å²) in [5.41, 5.74) is 2.02. The van der Waals surface area contributed by atoms with Gasteiger partial charge in [0.2, 0.25) is 10.0 Å². The Hall–Kier alpha value is -2.13. The fraction of sp³-hybridized carbons (Fsp3) is 0.263. The molecule has 2 aromatic heterocycles. The van der Waals surface area contributed by atoms with Crippen molar-refractivity contribution in [3.63, 3.8) is 0 Å². The van der Waals surface area contributed by atoms with E-state index in [-0.39, 0.29) is 47.0 Å². The van der Waals surface area contributed by atoms with Crippen LogP contribution in [-0.4, -0.2) is 59.1 Å². The average Bonchev–Trinajstić information content (AvgIpc) is 3.15. The zero-order valence-corrected chi connectivity index (χ0v) is 17.9. The van der Waals surface area contributed by atoms with Crippen molar-refractivity contribution in [2.24, 2.45) is 0 Å². The largest absolute Gasteiger partial charge is 0.335 e. The lowest BCUT2D eigenvalue weighted by Crippen LogP contribution is -2.50. The van der Waals surface area contributed by atoms with Crippen LogP contribution in [0.5, 0.6) is 0 Å². The molecule has 29 heavy (non-hydrogen) atoms. The van der Waals surface area contributed by atoms with Gasteiger partial charge >= 0.3 is 0 Å². The average molecular weight is 453 g/mol. The van der Waals surface area contributed by atoms with Crippen LogP contribution in [0.3, 0.4) is 0 Å². The van der Waals surface area contributed by atoms with Crippen molar-refractivity contribution in [1.29, 1.82) is 0 Å². The number of rotatable bonds is 3. The molecule has 1 fully saturated rings. The normalized spacial score (nSPS) is 15.8. The number of imidazole rings is 1. The summed E-state index contributed by atoms with van der Waals surface area (Å²) < 4.78 is 29.0. The molecule has 0 aliphatic carbocycles. The van der Waals surface area contributed by atoms with Crippen molar-refractivity contribution in [3.05, 3.63) is 64.0 Å². The second kappa shape index (κ2) is 7.60. The number of carbonyl (C=O) groups excluding carboxylic acids is 1. The summed E-state index contributed by atoms with van der Waals surface area (Å²) in [5, 5.41) is 0.191. The lowest BCUT2D eigenvalue weighted by Gasteiger charge is -2.33. The molecule has 7 nitrogen and oxygen atoms in total. The molecule has 1 aromatic carbocycles. The third-order valence-electron chi connectivity index (χ3n) is 4.97. The lowest BCUT2D eigenvalue weighted by atomic mass is 10.3. The maximum Gasteiger partial charge on any atom is 0.274 e. The molecule has 0 saturated carbocycles. The van der Waals surface area contributed by atoms with Crippen LogP contribution >= 0.6 is 23.2 Å². The molecule has 0 atom stereocenters. The minimum Gasteiger partial charge on any atom is -0.335 e. The van der Waals surface area contributed by atoms with Gasteiger partial charge in [0, 0.05) is 38.1 Å². The van der Waals surface area contributed by atoms with E-state index in [2.05, 4.69) is 4.98 Å². The van der Waals surface area contributed by atoms with Crippen LogP contribution in [0.25, 0.3) is 5.65 Å². The van der Waals surface area contributed by atoms with Crippen LogP contribution in [-0.2, 0) is 10.0 Å². The van der Waals surface area contributed by atoms with Gasteiger partial charge in [-0.1, -0.05) is 35.3 Å². The Morgan fingerprint density at radius 3 is 2.41 bits per heavy atom. The number of pyridine rings is 1. The van der Waals surface area contributed by atoms with Gasteiger partial charge in [-0.2, -0.15) is 4.31 Å². The van der Waals surface area contributed by atoms with Crippen molar-refractivity contribution in [2.75, 3.05) is 26.2 Å². The summed E-state index contributed by atoms with van der Waals surface area (Å²) in [6.45, 7) is 2.81. The van der Waals surface area contributed by atoms with E-state index in [0.717, 1.165) is 5.69 Å². The molecule has 1 aliphatic rings. The quantitative estimate of drug-likeness (QED) is 0.611. The molecule has 0 bridgehead atoms. The number of aromatic nitrogens is 2. The van der Waals surface area contributed by atoms with E-state index < -0.39 is 10.0 Å². The fourth-order valence-electron chi connectivity index (χ4n) is 3.37. The van der Waals surface area contributed by atoms with Gasteiger partial charge in [0.25, 0.3) is 5.91 Å². The molecule has 10 heteroatoms. The number of carbonyl (C=O) groups is 1. The summed E-state index contributed by atoms with van der Waals surface area (Å²) in [4.78, 5) is 18.8. The van der Waals surface area contributed by atoms with E-state index in [1.54, 1.807) is 17.2 Å². The second-order valence-electron chi connectivity index (χ2n) is 6.77. The van der Waals surface area contributed by atoms with E-state index in [9.17, 15) is 13.2 Å². The number of halogens is 2. The van der Waals surface area contributed by atoms with Crippen LogP contribution in [0.2, 0.25) is 10.0 Å². The first-order valence-electron chi connectivity index (χ1n) is 8.97. The molecule has 4 rings (SSSR count). The Morgan fingerprint density at radius 1 is 1.03 bits per heavy atom. The Bertz CT molecular complexity index is 1200. The SMILES string of the molecule is Cc1cccc2nc(C(=O)N3CCN(S(=O)(=O)c4cccc(Cl)c4Cl)CC3)cn12. The maximum atomic E-state index is 12.9. The number of aryl methyl sites for hydroxylation is 1. The highest BCUT2D eigenvalue weighted by molar-refractivity contribution is 7.89. The molecule has 152 valence electrons. The standard InChI is InChI=1S/C19H18Cl2N4O3S/c1-13-4-2-7-17-22-15(12-25(13)17)19(26)23-8-10-24(11-9-23)29(27,28)16-6-3-5-14(20)18(16)21/h2-7,12H,8-11H2,1H3. The number of hydrogen-bond acceptors (Lipinski definition) is 4. The van der Waals surface area contributed by atoms with E-state index >= 15 is 0 Å². The zero-order valence-electron chi connectivity index (χ0n) is 15.5. The van der Waals surface area contributed by atoms with Crippen LogP contribution in [0.1, 0.15) is 16.2 Å². The zero-order chi connectivity index (χ0) is 20.8. The van der Waals surface area contributed by atoms with E-state index in [1.807, 2.05) is 29.5 Å². The molecular weight excluding hydrogens is 435 g/mol. The minimum atomic E-state index is -3.80. The summed E-state index contributed by atoms with van der Waals surface area (Å²) in [6, 6.07) is 10.2. The van der Waals surface area contributed by atoms with Gasteiger partial charge in [-0.25, -0.2) is 13.4 Å². The number of benzene rings is 1. The molecule has 0 unspecified atom stereocenters. The third kappa shape index (κ3) is 3.61. The highest BCUT2D eigenvalue weighted by Crippen LogP contribution is 2.31. The molecule has 1 saturated heterocycles. The van der Waals surface area contributed by atoms with Gasteiger partial charge in [-0.15, -0.1) is 0 Å². The number of nitrogens with zero attached hydrogens (tertiary/aromatic N) is 4. The first kappa shape index (κ1) is 20.2. The Morgan fingerprint density at radius 2 is 1.72 bits per heavy atom. The molecule has 0 N–H and O–H groups in total. The molecular formula is C19H18Cl2N4O3S. The fourth-order valence-corrected chi connectivity index (χ4v) is 5.53. The Balaban J connectivity index is 1.50. The summed E-state index contributed by atoms with van der Waals surface area (Å²) in [6.07, 6.45) is 1.71. The predicted molar refractivity (Wildman–Crippen MR) is 111 cm³/mol. The molecule has 3 heterocycles. The lowest BCUT2D eigenvalue weighted by molar-refractivity contribution is 0.0692. The number of amides is 1. The predicted octanol–water partition coefficient (Wildman–Crippen LogP) is 3.10. The highest BCUT2D eigenvalue weighted by atomic mass is 35.5. The monoisotopic (exact) mass is 452 g/mol. The minimum absolute atomic E-state index is 0.00717. The first-order chi connectivity index (χ1) is 13.8. The molecule has 0 radical (unpaired) electrons. The molecule has 0 spiro atoms. The van der Waals surface area contributed by atoms with Crippen LogP contribution in [0.4, 0.5) is 0 Å². The van der Waals surface area contributed by atoms with Crippen molar-refractivity contribution >= 4 is 44.8 Å². The summed E-state index contributed by atoms with van der Waals surface area (Å²) in [5.74, 6) is -0.217. The van der Waals surface area contributed by atoms with Crippen LogP contribution in [0.15, 0.2) is 47.5 Å². The van der Waals surface area contributed by atoms with Gasteiger partial charge < -0.3 is 9.30 Å². The van der Waals surface area contributed by atoms with Gasteiger partial charge in [0.1, 0.15) is 16.2 Å². The van der Waals surface area contributed by atoms with Gasteiger partial charge in [-0.3, -0.25) is 4.79 Å². The Labute approximate surface area is 178 Å². The molecule has 3 aromatic rings. The topological polar surface area (TPSA) is 75.0 Å².